The molecule has 1 aromatic rings. The van der Waals surface area contributed by atoms with Gasteiger partial charge in [-0.15, -0.1) is 5.73 Å². The molecule has 4 atom stereocenters. The minimum Gasteiger partial charge on any atom is -0.491 e. The maximum atomic E-state index is 12.2. The number of aliphatic hydroxyl groups is 2. The molecular formula is C22H28O7. The molecule has 29 heavy (non-hydrogen) atoms. The van der Waals surface area contributed by atoms with E-state index in [-0.39, 0.29) is 37.8 Å². The number of hydrogen-bond donors (Lipinski definition) is 2. The van der Waals surface area contributed by atoms with Crippen LogP contribution in [0.3, 0.4) is 0 Å². The summed E-state index contributed by atoms with van der Waals surface area (Å²) < 4.78 is 15.7. The Morgan fingerprint density at radius 1 is 1.28 bits per heavy atom. The Morgan fingerprint density at radius 2 is 2.03 bits per heavy atom. The van der Waals surface area contributed by atoms with Gasteiger partial charge in [0.1, 0.15) is 24.2 Å². The van der Waals surface area contributed by atoms with Crippen molar-refractivity contribution in [1.29, 1.82) is 0 Å². The molecule has 0 radical (unpaired) electrons. The van der Waals surface area contributed by atoms with Crippen molar-refractivity contribution in [1.82, 2.24) is 0 Å². The minimum absolute atomic E-state index is 0.0336. The molecule has 2 rings (SSSR count). The standard InChI is InChI=1S/C22H28O7/c1-27-21(26)12-8-3-2-7-11-18-19(24)13-20(25)22(18)29-15-16(23)14-28-17-9-5-4-6-10-17/h3-7,9-10,16,18,20,22-23,25H,8,11-15H2,1H3/t2?,16-,18+,20-,22-/m0/s1. The molecule has 1 saturated carbocycles. The lowest BCUT2D eigenvalue weighted by atomic mass is 10.00. The van der Waals surface area contributed by atoms with Gasteiger partial charge in [-0.05, 0) is 37.1 Å². The molecule has 2 N–H and O–H groups in total. The summed E-state index contributed by atoms with van der Waals surface area (Å²) in [4.78, 5) is 23.2. The Bertz CT molecular complexity index is 709. The molecule has 0 aromatic heterocycles. The van der Waals surface area contributed by atoms with Crippen molar-refractivity contribution in [2.75, 3.05) is 20.3 Å². The molecule has 0 unspecified atom stereocenters. The predicted molar refractivity (Wildman–Crippen MR) is 105 cm³/mol. The smallest absolute Gasteiger partial charge is 0.305 e. The summed E-state index contributed by atoms with van der Waals surface area (Å²) in [6.45, 7) is 0.00526. The van der Waals surface area contributed by atoms with Crippen molar-refractivity contribution in [2.24, 2.45) is 5.92 Å². The van der Waals surface area contributed by atoms with E-state index < -0.39 is 24.2 Å². The number of allylic oxidation sites excluding steroid dienone is 1. The van der Waals surface area contributed by atoms with Crippen LogP contribution in [-0.4, -0.2) is 60.6 Å². The maximum Gasteiger partial charge on any atom is 0.305 e. The van der Waals surface area contributed by atoms with E-state index in [1.165, 1.54) is 7.11 Å². The van der Waals surface area contributed by atoms with E-state index in [0.717, 1.165) is 0 Å². The van der Waals surface area contributed by atoms with E-state index in [4.69, 9.17) is 9.47 Å². The van der Waals surface area contributed by atoms with Crippen LogP contribution in [0.1, 0.15) is 25.7 Å². The van der Waals surface area contributed by atoms with Gasteiger partial charge in [0.15, 0.2) is 0 Å². The lowest BCUT2D eigenvalue weighted by Crippen LogP contribution is -2.34. The molecule has 0 aliphatic heterocycles. The summed E-state index contributed by atoms with van der Waals surface area (Å²) in [7, 11) is 1.34. The highest BCUT2D eigenvalue weighted by atomic mass is 16.5. The largest absolute Gasteiger partial charge is 0.491 e. The molecule has 1 aliphatic carbocycles. The molecule has 0 amide bonds. The summed E-state index contributed by atoms with van der Waals surface area (Å²) in [6, 6.07) is 9.11. The van der Waals surface area contributed by atoms with Crippen molar-refractivity contribution in [3.05, 3.63) is 48.2 Å². The van der Waals surface area contributed by atoms with Crippen molar-refractivity contribution in [3.8, 4) is 5.75 Å². The van der Waals surface area contributed by atoms with E-state index >= 15 is 0 Å². The molecule has 0 heterocycles. The Labute approximate surface area is 170 Å². The minimum atomic E-state index is -0.897. The normalized spacial score (nSPS) is 21.9. The van der Waals surface area contributed by atoms with Crippen molar-refractivity contribution >= 4 is 11.8 Å². The molecular weight excluding hydrogens is 376 g/mol. The average Bonchev–Trinajstić information content (AvgIpc) is 3.00. The number of benzene rings is 1. The second-order valence-electron chi connectivity index (χ2n) is 6.85. The zero-order chi connectivity index (χ0) is 21.1. The Hall–Kier alpha value is -2.44. The number of Topliss-reactive ketones (excluding diaryl/α,β-unsaturated/α-hetero) is 1. The highest BCUT2D eigenvalue weighted by Gasteiger charge is 2.41. The fourth-order valence-corrected chi connectivity index (χ4v) is 3.05. The number of ketones is 1. The first-order valence-electron chi connectivity index (χ1n) is 9.65. The van der Waals surface area contributed by atoms with Crippen LogP contribution in [0.2, 0.25) is 0 Å². The maximum absolute atomic E-state index is 12.2. The fourth-order valence-electron chi connectivity index (χ4n) is 3.05. The van der Waals surface area contributed by atoms with Crippen LogP contribution in [0.5, 0.6) is 5.75 Å². The zero-order valence-electron chi connectivity index (χ0n) is 16.5. The van der Waals surface area contributed by atoms with Gasteiger partial charge in [0.2, 0.25) is 0 Å². The number of para-hydroxylation sites is 1. The molecule has 1 aromatic carbocycles. The van der Waals surface area contributed by atoms with Gasteiger partial charge in [0.05, 0.1) is 31.8 Å². The van der Waals surface area contributed by atoms with E-state index in [0.29, 0.717) is 18.6 Å². The Kier molecular flexibility index (Phi) is 9.60. The van der Waals surface area contributed by atoms with Crippen LogP contribution in [0, 0.1) is 5.92 Å². The Morgan fingerprint density at radius 3 is 2.76 bits per heavy atom. The third kappa shape index (κ3) is 7.83. The zero-order valence-corrected chi connectivity index (χ0v) is 16.5. The van der Waals surface area contributed by atoms with Gasteiger partial charge in [0, 0.05) is 12.8 Å². The van der Waals surface area contributed by atoms with Crippen LogP contribution in [-0.2, 0) is 19.1 Å². The SMILES string of the molecule is COC(=O)CCC=C=CC[C@@H]1C(=O)C[C@H](O)[C@H]1OC[C@@H](O)COc1ccccc1. The molecule has 158 valence electrons. The number of hydrogen-bond acceptors (Lipinski definition) is 7. The van der Waals surface area contributed by atoms with Gasteiger partial charge in [-0.25, -0.2) is 0 Å². The number of rotatable bonds is 11. The van der Waals surface area contributed by atoms with Crippen LogP contribution < -0.4 is 4.74 Å². The number of carbonyl (C=O) groups excluding carboxylic acids is 2. The number of carbonyl (C=O) groups is 2. The van der Waals surface area contributed by atoms with Crippen LogP contribution in [0.15, 0.2) is 48.2 Å². The first-order valence-corrected chi connectivity index (χ1v) is 9.65. The molecule has 0 saturated heterocycles. The third-order valence-electron chi connectivity index (χ3n) is 4.59. The van der Waals surface area contributed by atoms with Crippen LogP contribution in [0.4, 0.5) is 0 Å². The number of ether oxygens (including phenoxy) is 3. The van der Waals surface area contributed by atoms with Crippen LogP contribution in [0.25, 0.3) is 0 Å². The van der Waals surface area contributed by atoms with E-state index in [9.17, 15) is 19.8 Å². The predicted octanol–water partition coefficient (Wildman–Crippen LogP) is 1.82. The molecule has 0 bridgehead atoms. The lowest BCUT2D eigenvalue weighted by Gasteiger charge is -2.22. The quantitative estimate of drug-likeness (QED) is 0.428. The van der Waals surface area contributed by atoms with Gasteiger partial charge in [-0.3, -0.25) is 9.59 Å². The summed E-state index contributed by atoms with van der Waals surface area (Å²) in [5, 5.41) is 20.2. The number of esters is 1. The summed E-state index contributed by atoms with van der Waals surface area (Å²) >= 11 is 0. The highest BCUT2D eigenvalue weighted by Crippen LogP contribution is 2.29. The molecule has 1 fully saturated rings. The fraction of sp³-hybridized carbons (Fsp3) is 0.500. The van der Waals surface area contributed by atoms with Gasteiger partial charge in [-0.1, -0.05) is 18.2 Å². The van der Waals surface area contributed by atoms with Gasteiger partial charge in [0.25, 0.3) is 0 Å². The average molecular weight is 404 g/mol. The highest BCUT2D eigenvalue weighted by molar-refractivity contribution is 5.85. The van der Waals surface area contributed by atoms with Crippen LogP contribution >= 0.6 is 0 Å². The van der Waals surface area contributed by atoms with Crippen molar-refractivity contribution in [3.63, 3.8) is 0 Å². The second kappa shape index (κ2) is 12.2. The van der Waals surface area contributed by atoms with Crippen molar-refractivity contribution in [2.45, 2.75) is 44.0 Å². The summed E-state index contributed by atoms with van der Waals surface area (Å²) in [5.41, 5.74) is 2.93. The first kappa shape index (κ1) is 22.8. The number of methoxy groups -OCH3 is 1. The van der Waals surface area contributed by atoms with Gasteiger partial charge >= 0.3 is 5.97 Å². The molecule has 7 nitrogen and oxygen atoms in total. The second-order valence-corrected chi connectivity index (χ2v) is 6.85. The van der Waals surface area contributed by atoms with Gasteiger partial charge < -0.3 is 24.4 Å². The van der Waals surface area contributed by atoms with Crippen molar-refractivity contribution < 1.29 is 34.0 Å². The molecule has 0 spiro atoms. The molecule has 1 aliphatic rings. The lowest BCUT2D eigenvalue weighted by molar-refractivity contribution is -0.140. The van der Waals surface area contributed by atoms with E-state index in [2.05, 4.69) is 10.5 Å². The topological polar surface area (TPSA) is 102 Å². The number of aliphatic hydroxyl groups excluding tert-OH is 2. The first-order chi connectivity index (χ1) is 14.0. The van der Waals surface area contributed by atoms with E-state index in [1.54, 1.807) is 24.3 Å². The van der Waals surface area contributed by atoms with E-state index in [1.807, 2.05) is 18.2 Å². The molecule has 7 heteroatoms. The monoisotopic (exact) mass is 404 g/mol. The third-order valence-corrected chi connectivity index (χ3v) is 4.59. The van der Waals surface area contributed by atoms with Gasteiger partial charge in [-0.2, -0.15) is 0 Å². The summed E-state index contributed by atoms with van der Waals surface area (Å²) in [5.74, 6) is -0.219. The Balaban J connectivity index is 1.78. The summed E-state index contributed by atoms with van der Waals surface area (Å²) in [6.07, 6.45) is 2.11.